The molecule has 0 aromatic heterocycles. The summed E-state index contributed by atoms with van der Waals surface area (Å²) in [6.45, 7) is 6.62. The second kappa shape index (κ2) is 9.56. The monoisotopic (exact) mass is 476 g/mol. The quantitative estimate of drug-likeness (QED) is 0.580. The van der Waals surface area contributed by atoms with Crippen molar-refractivity contribution in [1.29, 1.82) is 0 Å². The van der Waals surface area contributed by atoms with Crippen LogP contribution in [-0.2, 0) is 9.47 Å². The number of rotatable bonds is 4. The Morgan fingerprint density at radius 1 is 0.943 bits per heavy atom. The molecule has 2 aliphatic heterocycles. The summed E-state index contributed by atoms with van der Waals surface area (Å²) in [5.74, 6) is 0.397. The Kier molecular flexibility index (Phi) is 6.47. The van der Waals surface area contributed by atoms with E-state index in [9.17, 15) is 9.59 Å². The highest BCUT2D eigenvalue weighted by Crippen LogP contribution is 2.44. The molecule has 2 aromatic rings. The molecular weight excluding hydrogens is 440 g/mol. The zero-order chi connectivity index (χ0) is 24.6. The lowest BCUT2D eigenvalue weighted by atomic mass is 9.78. The number of alkyl carbamates (subject to hydrolysis) is 1. The molecule has 2 atom stereocenters. The van der Waals surface area contributed by atoms with Gasteiger partial charge in [-0.25, -0.2) is 9.59 Å². The fourth-order valence-electron chi connectivity index (χ4n) is 6.15. The van der Waals surface area contributed by atoms with E-state index in [4.69, 9.17) is 9.47 Å². The zero-order valence-corrected chi connectivity index (χ0v) is 21.0. The first-order valence-corrected chi connectivity index (χ1v) is 12.9. The number of carbonyl (C=O) groups excluding carboxylic acids is 2. The van der Waals surface area contributed by atoms with Crippen LogP contribution in [-0.4, -0.2) is 47.9 Å². The minimum absolute atomic E-state index is 0.0598. The van der Waals surface area contributed by atoms with E-state index < -0.39 is 5.60 Å². The first-order valence-electron chi connectivity index (χ1n) is 12.9. The number of nitrogens with one attached hydrogen (secondary N) is 1. The Balaban J connectivity index is 1.15. The maximum Gasteiger partial charge on any atom is 0.410 e. The van der Waals surface area contributed by atoms with Gasteiger partial charge in [0.15, 0.2) is 0 Å². The van der Waals surface area contributed by atoms with Gasteiger partial charge in [0.2, 0.25) is 0 Å². The molecule has 186 valence electrons. The van der Waals surface area contributed by atoms with Gasteiger partial charge in [-0.3, -0.25) is 0 Å². The van der Waals surface area contributed by atoms with Gasteiger partial charge in [0.1, 0.15) is 12.2 Å². The van der Waals surface area contributed by atoms with E-state index in [0.717, 1.165) is 32.1 Å². The Hall–Kier alpha value is -3.02. The molecule has 2 heterocycles. The van der Waals surface area contributed by atoms with Crippen LogP contribution in [0, 0.1) is 5.92 Å². The third-order valence-electron chi connectivity index (χ3n) is 7.56. The summed E-state index contributed by atoms with van der Waals surface area (Å²) in [6, 6.07) is 17.1. The highest BCUT2D eigenvalue weighted by Gasteiger charge is 2.42. The van der Waals surface area contributed by atoms with E-state index in [0.29, 0.717) is 19.1 Å². The molecule has 2 fully saturated rings. The molecular formula is C29H36N2O4. The number of piperidine rings is 2. The van der Waals surface area contributed by atoms with Crippen molar-refractivity contribution in [1.82, 2.24) is 10.2 Å². The van der Waals surface area contributed by atoms with Gasteiger partial charge in [-0.05, 0) is 81.0 Å². The summed E-state index contributed by atoms with van der Waals surface area (Å²) in [7, 11) is 0. The van der Waals surface area contributed by atoms with Crippen molar-refractivity contribution in [2.45, 2.75) is 76.5 Å². The number of ether oxygens (including phenoxy) is 2. The van der Waals surface area contributed by atoms with Crippen LogP contribution >= 0.6 is 0 Å². The molecule has 1 aliphatic carbocycles. The third-order valence-corrected chi connectivity index (χ3v) is 7.56. The van der Waals surface area contributed by atoms with Gasteiger partial charge in [-0.1, -0.05) is 48.5 Å². The summed E-state index contributed by atoms with van der Waals surface area (Å²) >= 11 is 0. The topological polar surface area (TPSA) is 67.9 Å². The molecule has 1 N–H and O–H groups in total. The fraction of sp³-hybridized carbons (Fsp3) is 0.517. The van der Waals surface area contributed by atoms with Gasteiger partial charge < -0.3 is 19.7 Å². The highest BCUT2D eigenvalue weighted by atomic mass is 16.6. The Morgan fingerprint density at radius 2 is 1.51 bits per heavy atom. The van der Waals surface area contributed by atoms with Gasteiger partial charge in [0.25, 0.3) is 0 Å². The number of fused-ring (bicyclic) bond motifs is 5. The van der Waals surface area contributed by atoms with Crippen molar-refractivity contribution in [3.05, 3.63) is 59.7 Å². The number of hydrogen-bond donors (Lipinski definition) is 1. The number of amides is 2. The second-order valence-electron chi connectivity index (χ2n) is 11.2. The van der Waals surface area contributed by atoms with E-state index in [-0.39, 0.29) is 30.2 Å². The molecule has 2 saturated heterocycles. The van der Waals surface area contributed by atoms with Crippen LogP contribution in [0.4, 0.5) is 9.59 Å². The standard InChI is InChI=1S/C29H36N2O4/c1-29(2,3)35-28(33)31-20-9-8-10-21(31)16-19(15-20)17-30-27(32)34-18-26-24-13-6-4-11-22(24)23-12-5-7-14-25(23)26/h4-7,11-14,19-21,26H,8-10,15-18H2,1-3H3,(H,30,32). The number of hydrogen-bond acceptors (Lipinski definition) is 4. The maximum atomic E-state index is 12.8. The van der Waals surface area contributed by atoms with Gasteiger partial charge in [-0.15, -0.1) is 0 Å². The van der Waals surface area contributed by atoms with Crippen molar-refractivity contribution in [3.63, 3.8) is 0 Å². The molecule has 0 saturated carbocycles. The van der Waals surface area contributed by atoms with Crippen LogP contribution < -0.4 is 5.32 Å². The van der Waals surface area contributed by atoms with Crippen LogP contribution in [0.25, 0.3) is 11.1 Å². The smallest absolute Gasteiger partial charge is 0.410 e. The molecule has 0 spiro atoms. The summed E-state index contributed by atoms with van der Waals surface area (Å²) in [5, 5.41) is 3.00. The van der Waals surface area contributed by atoms with E-state index in [2.05, 4.69) is 41.7 Å². The van der Waals surface area contributed by atoms with E-state index in [1.54, 1.807) is 0 Å². The molecule has 2 unspecified atom stereocenters. The molecule has 2 aromatic carbocycles. The average molecular weight is 477 g/mol. The van der Waals surface area contributed by atoms with E-state index in [1.165, 1.54) is 22.3 Å². The van der Waals surface area contributed by atoms with Crippen LogP contribution in [0.3, 0.4) is 0 Å². The summed E-state index contributed by atoms with van der Waals surface area (Å²) in [6.07, 6.45) is 4.34. The lowest BCUT2D eigenvalue weighted by molar-refractivity contribution is -0.0279. The van der Waals surface area contributed by atoms with Crippen LogP contribution in [0.2, 0.25) is 0 Å². The van der Waals surface area contributed by atoms with E-state index in [1.807, 2.05) is 37.8 Å². The molecule has 2 bridgehead atoms. The van der Waals surface area contributed by atoms with Crippen molar-refractivity contribution in [2.24, 2.45) is 5.92 Å². The van der Waals surface area contributed by atoms with Gasteiger partial charge in [-0.2, -0.15) is 0 Å². The predicted molar refractivity (Wildman–Crippen MR) is 135 cm³/mol. The normalized spacial score (nSPS) is 23.3. The number of carbonyl (C=O) groups is 2. The van der Waals surface area contributed by atoms with Crippen molar-refractivity contribution in [3.8, 4) is 11.1 Å². The van der Waals surface area contributed by atoms with Gasteiger partial charge in [0, 0.05) is 24.5 Å². The molecule has 6 nitrogen and oxygen atoms in total. The predicted octanol–water partition coefficient (Wildman–Crippen LogP) is 6.09. The first kappa shape index (κ1) is 23.7. The van der Waals surface area contributed by atoms with Crippen molar-refractivity contribution in [2.75, 3.05) is 13.2 Å². The van der Waals surface area contributed by atoms with Crippen LogP contribution in [0.1, 0.15) is 69.9 Å². The summed E-state index contributed by atoms with van der Waals surface area (Å²) in [4.78, 5) is 27.4. The molecule has 3 aliphatic rings. The average Bonchev–Trinajstić information content (AvgIpc) is 3.13. The molecule has 2 amide bonds. The number of nitrogens with zero attached hydrogens (tertiary/aromatic N) is 1. The highest BCUT2D eigenvalue weighted by molar-refractivity contribution is 5.79. The number of benzene rings is 2. The minimum Gasteiger partial charge on any atom is -0.449 e. The third kappa shape index (κ3) is 5.02. The Bertz CT molecular complexity index is 1030. The van der Waals surface area contributed by atoms with Crippen molar-refractivity contribution >= 4 is 12.2 Å². The SMILES string of the molecule is CC(C)(C)OC(=O)N1C2CCCC1CC(CNC(=O)OCC1c3ccccc3-c3ccccc31)C2. The summed E-state index contributed by atoms with van der Waals surface area (Å²) < 4.78 is 11.4. The summed E-state index contributed by atoms with van der Waals surface area (Å²) in [5.41, 5.74) is 4.38. The zero-order valence-electron chi connectivity index (χ0n) is 21.0. The van der Waals surface area contributed by atoms with Crippen molar-refractivity contribution < 1.29 is 19.1 Å². The molecule has 6 heteroatoms. The van der Waals surface area contributed by atoms with E-state index >= 15 is 0 Å². The maximum absolute atomic E-state index is 12.8. The minimum atomic E-state index is -0.492. The molecule has 5 rings (SSSR count). The Morgan fingerprint density at radius 3 is 2.09 bits per heavy atom. The van der Waals surface area contributed by atoms with Gasteiger partial charge >= 0.3 is 12.2 Å². The Labute approximate surface area is 208 Å². The van der Waals surface area contributed by atoms with Crippen LogP contribution in [0.15, 0.2) is 48.5 Å². The largest absolute Gasteiger partial charge is 0.449 e. The lowest BCUT2D eigenvalue weighted by Crippen LogP contribution is -2.56. The molecule has 35 heavy (non-hydrogen) atoms. The first-order chi connectivity index (χ1) is 16.8. The lowest BCUT2D eigenvalue weighted by Gasteiger charge is -2.48. The van der Waals surface area contributed by atoms with Gasteiger partial charge in [0.05, 0.1) is 0 Å². The second-order valence-corrected chi connectivity index (χ2v) is 11.2. The molecule has 0 radical (unpaired) electrons. The fourth-order valence-corrected chi connectivity index (χ4v) is 6.15. The van der Waals surface area contributed by atoms with Crippen LogP contribution in [0.5, 0.6) is 0 Å².